The van der Waals surface area contributed by atoms with Crippen LogP contribution in [0.15, 0.2) is 18.3 Å². The van der Waals surface area contributed by atoms with Crippen molar-refractivity contribution >= 4 is 11.6 Å². The maximum atomic E-state index is 5.83. The summed E-state index contributed by atoms with van der Waals surface area (Å²) in [5, 5.41) is 3.96. The van der Waals surface area contributed by atoms with Crippen molar-refractivity contribution in [2.24, 2.45) is 0 Å². The number of pyridine rings is 1. The normalized spacial score (nSPS) is 14.3. The Bertz CT molecular complexity index is 580. The highest BCUT2D eigenvalue weighted by molar-refractivity contribution is 6.30. The SMILES string of the molecule is Cc1nc(-c2ccc(Cl)cn2)nc2c1CNCC2. The number of hydrogen-bond acceptors (Lipinski definition) is 4. The van der Waals surface area contributed by atoms with Crippen LogP contribution in [0.25, 0.3) is 11.5 Å². The number of nitrogens with zero attached hydrogens (tertiary/aromatic N) is 3. The standard InChI is InChI=1S/C13H13ClN4/c1-8-10-7-15-5-4-11(10)18-13(17-8)12-3-2-9(14)6-16-12/h2-3,6,15H,4-5,7H2,1H3. The van der Waals surface area contributed by atoms with Crippen LogP contribution in [0.2, 0.25) is 5.02 Å². The lowest BCUT2D eigenvalue weighted by Gasteiger charge is -2.18. The molecule has 0 unspecified atom stereocenters. The van der Waals surface area contributed by atoms with Crippen LogP contribution < -0.4 is 5.32 Å². The van der Waals surface area contributed by atoms with Crippen molar-refractivity contribution in [1.82, 2.24) is 20.3 Å². The summed E-state index contributed by atoms with van der Waals surface area (Å²) < 4.78 is 0. The molecule has 18 heavy (non-hydrogen) atoms. The zero-order valence-corrected chi connectivity index (χ0v) is 10.8. The fourth-order valence-corrected chi connectivity index (χ4v) is 2.25. The van der Waals surface area contributed by atoms with E-state index < -0.39 is 0 Å². The van der Waals surface area contributed by atoms with Crippen LogP contribution in [0.5, 0.6) is 0 Å². The van der Waals surface area contributed by atoms with Crippen LogP contribution in [-0.4, -0.2) is 21.5 Å². The predicted octanol–water partition coefficient (Wildman–Crippen LogP) is 2.15. The molecule has 0 aromatic carbocycles. The fourth-order valence-electron chi connectivity index (χ4n) is 2.14. The number of fused-ring (bicyclic) bond motifs is 1. The second kappa shape index (κ2) is 4.63. The second-order valence-corrected chi connectivity index (χ2v) is 4.78. The van der Waals surface area contributed by atoms with Gasteiger partial charge in [0.15, 0.2) is 5.82 Å². The Hall–Kier alpha value is -1.52. The number of aromatic nitrogens is 3. The third kappa shape index (κ3) is 2.09. The Balaban J connectivity index is 2.08. The summed E-state index contributed by atoms with van der Waals surface area (Å²) in [4.78, 5) is 13.4. The predicted molar refractivity (Wildman–Crippen MR) is 70.4 cm³/mol. The minimum absolute atomic E-state index is 0.623. The molecule has 2 aromatic heterocycles. The Morgan fingerprint density at radius 3 is 2.94 bits per heavy atom. The summed E-state index contributed by atoms with van der Waals surface area (Å²) in [7, 11) is 0. The van der Waals surface area contributed by atoms with Crippen molar-refractivity contribution in [3.05, 3.63) is 40.3 Å². The monoisotopic (exact) mass is 260 g/mol. The molecule has 1 N–H and O–H groups in total. The fraction of sp³-hybridized carbons (Fsp3) is 0.308. The number of halogens is 1. The zero-order valence-electron chi connectivity index (χ0n) is 10.1. The molecule has 1 aliphatic rings. The van der Waals surface area contributed by atoms with E-state index in [2.05, 4.69) is 20.3 Å². The van der Waals surface area contributed by atoms with E-state index in [4.69, 9.17) is 11.6 Å². The van der Waals surface area contributed by atoms with Crippen molar-refractivity contribution in [2.75, 3.05) is 6.54 Å². The third-order valence-corrected chi connectivity index (χ3v) is 3.32. The van der Waals surface area contributed by atoms with Gasteiger partial charge in [0.2, 0.25) is 0 Å². The maximum Gasteiger partial charge on any atom is 0.178 e. The van der Waals surface area contributed by atoms with Gasteiger partial charge in [-0.05, 0) is 19.1 Å². The quantitative estimate of drug-likeness (QED) is 0.854. The molecule has 0 bridgehead atoms. The number of nitrogens with one attached hydrogen (secondary N) is 1. The lowest BCUT2D eigenvalue weighted by Crippen LogP contribution is -2.26. The molecule has 0 aliphatic carbocycles. The molecule has 0 fully saturated rings. The topological polar surface area (TPSA) is 50.7 Å². The minimum atomic E-state index is 0.623. The van der Waals surface area contributed by atoms with E-state index in [-0.39, 0.29) is 0 Å². The summed E-state index contributed by atoms with van der Waals surface area (Å²) in [6.45, 7) is 3.85. The van der Waals surface area contributed by atoms with Crippen LogP contribution in [0, 0.1) is 6.92 Å². The molecule has 4 nitrogen and oxygen atoms in total. The average Bonchev–Trinajstić information content (AvgIpc) is 2.39. The maximum absolute atomic E-state index is 5.83. The van der Waals surface area contributed by atoms with E-state index in [0.29, 0.717) is 10.8 Å². The molecule has 2 aromatic rings. The van der Waals surface area contributed by atoms with Gasteiger partial charge in [0.1, 0.15) is 5.69 Å². The minimum Gasteiger partial charge on any atom is -0.312 e. The number of rotatable bonds is 1. The van der Waals surface area contributed by atoms with Gasteiger partial charge in [-0.25, -0.2) is 9.97 Å². The smallest absolute Gasteiger partial charge is 0.178 e. The number of hydrogen-bond donors (Lipinski definition) is 1. The van der Waals surface area contributed by atoms with Crippen LogP contribution in [-0.2, 0) is 13.0 Å². The molecule has 0 amide bonds. The van der Waals surface area contributed by atoms with E-state index in [1.807, 2.05) is 19.1 Å². The summed E-state index contributed by atoms with van der Waals surface area (Å²) in [5.74, 6) is 0.685. The first kappa shape index (κ1) is 11.6. The van der Waals surface area contributed by atoms with E-state index in [9.17, 15) is 0 Å². The highest BCUT2D eigenvalue weighted by Crippen LogP contribution is 2.20. The van der Waals surface area contributed by atoms with Crippen LogP contribution in [0.3, 0.4) is 0 Å². The van der Waals surface area contributed by atoms with Gasteiger partial charge in [0.05, 0.1) is 10.7 Å². The van der Waals surface area contributed by atoms with Gasteiger partial charge in [0.25, 0.3) is 0 Å². The van der Waals surface area contributed by atoms with E-state index in [1.54, 1.807) is 6.20 Å². The first-order chi connectivity index (χ1) is 8.74. The zero-order chi connectivity index (χ0) is 12.5. The lowest BCUT2D eigenvalue weighted by molar-refractivity contribution is 0.621. The lowest BCUT2D eigenvalue weighted by atomic mass is 10.1. The van der Waals surface area contributed by atoms with E-state index >= 15 is 0 Å². The molecule has 92 valence electrons. The van der Waals surface area contributed by atoms with E-state index in [0.717, 1.165) is 36.6 Å². The molecule has 0 atom stereocenters. The molecule has 5 heteroatoms. The van der Waals surface area contributed by atoms with Gasteiger partial charge in [-0.1, -0.05) is 11.6 Å². The van der Waals surface area contributed by atoms with Crippen molar-refractivity contribution < 1.29 is 0 Å². The van der Waals surface area contributed by atoms with Crippen LogP contribution in [0.1, 0.15) is 17.0 Å². The van der Waals surface area contributed by atoms with Gasteiger partial charge in [-0.15, -0.1) is 0 Å². The summed E-state index contributed by atoms with van der Waals surface area (Å²) >= 11 is 5.83. The molecule has 0 saturated heterocycles. The number of aryl methyl sites for hydroxylation is 1. The summed E-state index contributed by atoms with van der Waals surface area (Å²) in [6.07, 6.45) is 2.57. The van der Waals surface area contributed by atoms with Gasteiger partial charge in [-0.2, -0.15) is 0 Å². The Morgan fingerprint density at radius 1 is 1.28 bits per heavy atom. The average molecular weight is 261 g/mol. The highest BCUT2D eigenvalue weighted by Gasteiger charge is 2.16. The first-order valence-electron chi connectivity index (χ1n) is 5.93. The molecule has 3 rings (SSSR count). The molecular weight excluding hydrogens is 248 g/mol. The summed E-state index contributed by atoms with van der Waals surface area (Å²) in [6, 6.07) is 3.66. The van der Waals surface area contributed by atoms with Crippen LogP contribution >= 0.6 is 11.6 Å². The van der Waals surface area contributed by atoms with Gasteiger partial charge in [-0.3, -0.25) is 4.98 Å². The van der Waals surface area contributed by atoms with Crippen molar-refractivity contribution in [2.45, 2.75) is 19.9 Å². The van der Waals surface area contributed by atoms with Crippen molar-refractivity contribution in [3.63, 3.8) is 0 Å². The molecule has 0 radical (unpaired) electrons. The second-order valence-electron chi connectivity index (χ2n) is 4.35. The van der Waals surface area contributed by atoms with Gasteiger partial charge >= 0.3 is 0 Å². The first-order valence-corrected chi connectivity index (χ1v) is 6.31. The molecular formula is C13H13ClN4. The third-order valence-electron chi connectivity index (χ3n) is 3.10. The van der Waals surface area contributed by atoms with Gasteiger partial charge < -0.3 is 5.32 Å². The highest BCUT2D eigenvalue weighted by atomic mass is 35.5. The Morgan fingerprint density at radius 2 is 2.17 bits per heavy atom. The Labute approximate surface area is 110 Å². The molecule has 1 aliphatic heterocycles. The molecule has 3 heterocycles. The van der Waals surface area contributed by atoms with Gasteiger partial charge in [0, 0.05) is 37.0 Å². The molecule has 0 saturated carbocycles. The van der Waals surface area contributed by atoms with Crippen molar-refractivity contribution in [3.8, 4) is 11.5 Å². The summed E-state index contributed by atoms with van der Waals surface area (Å²) in [5.41, 5.74) is 4.15. The largest absolute Gasteiger partial charge is 0.312 e. The molecule has 0 spiro atoms. The van der Waals surface area contributed by atoms with E-state index in [1.165, 1.54) is 5.56 Å². The van der Waals surface area contributed by atoms with Crippen molar-refractivity contribution in [1.29, 1.82) is 0 Å². The Kier molecular flexibility index (Phi) is 2.97. The van der Waals surface area contributed by atoms with Crippen LogP contribution in [0.4, 0.5) is 0 Å².